The molecule has 0 radical (unpaired) electrons. The van der Waals surface area contributed by atoms with Crippen LogP contribution in [0.25, 0.3) is 0 Å². The van der Waals surface area contributed by atoms with Crippen molar-refractivity contribution in [3.8, 4) is 0 Å². The van der Waals surface area contributed by atoms with Crippen LogP contribution in [0.2, 0.25) is 0 Å². The van der Waals surface area contributed by atoms with Crippen molar-refractivity contribution in [1.29, 1.82) is 0 Å². The Labute approximate surface area is 155 Å². The van der Waals surface area contributed by atoms with Crippen molar-refractivity contribution in [2.75, 3.05) is 39.8 Å². The molecule has 1 aromatic carbocycles. The number of rotatable bonds is 6. The van der Waals surface area contributed by atoms with E-state index < -0.39 is 23.7 Å². The number of benzene rings is 1. The number of hydrogen-bond acceptors (Lipinski definition) is 6. The molecule has 1 unspecified atom stereocenters. The summed E-state index contributed by atoms with van der Waals surface area (Å²) in [4.78, 5) is 26.7. The van der Waals surface area contributed by atoms with Crippen LogP contribution in [-0.4, -0.2) is 73.5 Å². The van der Waals surface area contributed by atoms with Crippen LogP contribution in [0.5, 0.6) is 0 Å². The van der Waals surface area contributed by atoms with Crippen molar-refractivity contribution in [2.24, 2.45) is 0 Å². The molecule has 0 aliphatic carbocycles. The van der Waals surface area contributed by atoms with Gasteiger partial charge in [-0.05, 0) is 26.1 Å². The normalized spacial score (nSPS) is 18.6. The third-order valence-corrected chi connectivity index (χ3v) is 4.17. The molecule has 150 valence electrons. The molecule has 7 nitrogen and oxygen atoms in total. The number of carbonyl (C=O) groups excluding carboxylic acids is 2. The molecule has 1 amide bonds. The largest absolute Gasteiger partial charge is 0.463 e. The molecule has 1 aliphatic rings. The van der Waals surface area contributed by atoms with Gasteiger partial charge in [-0.2, -0.15) is 13.2 Å². The van der Waals surface area contributed by atoms with Crippen LogP contribution in [0.15, 0.2) is 30.3 Å². The third kappa shape index (κ3) is 4.96. The Hall–Kier alpha value is -2.17. The average Bonchev–Trinajstić information content (AvgIpc) is 2.62. The van der Waals surface area contributed by atoms with E-state index in [9.17, 15) is 22.8 Å². The molecule has 0 saturated carbocycles. The second kappa shape index (κ2) is 8.68. The molecule has 0 aromatic heterocycles. The van der Waals surface area contributed by atoms with Crippen molar-refractivity contribution >= 4 is 11.9 Å². The Balaban J connectivity index is 2.35. The lowest BCUT2D eigenvalue weighted by atomic mass is 10.1. The maximum atomic E-state index is 14.0. The number of hydrogen-bond donors (Lipinski definition) is 2. The molecule has 1 fully saturated rings. The lowest BCUT2D eigenvalue weighted by molar-refractivity contribution is -0.231. The maximum absolute atomic E-state index is 14.0. The number of likely N-dealkylation sites (N-methyl/N-ethyl adjacent to an activating group) is 1. The topological polar surface area (TPSA) is 73.9 Å². The van der Waals surface area contributed by atoms with Gasteiger partial charge >= 0.3 is 17.8 Å². The van der Waals surface area contributed by atoms with E-state index in [4.69, 9.17) is 0 Å². The highest BCUT2D eigenvalue weighted by Gasteiger charge is 2.64. The summed E-state index contributed by atoms with van der Waals surface area (Å²) in [6.07, 6.45) is -5.13. The Bertz CT molecular complexity index is 649. The van der Waals surface area contributed by atoms with Gasteiger partial charge < -0.3 is 15.0 Å². The number of esters is 1. The van der Waals surface area contributed by atoms with Gasteiger partial charge in [0.05, 0.1) is 6.61 Å². The predicted octanol–water partition coefficient (Wildman–Crippen LogP) is 0.990. The molecule has 0 spiro atoms. The Morgan fingerprint density at radius 1 is 1.11 bits per heavy atom. The number of halogens is 3. The number of ether oxygens (including phenoxy) is 1. The minimum atomic E-state index is -5.13. The van der Waals surface area contributed by atoms with Crippen molar-refractivity contribution in [2.45, 2.75) is 18.8 Å². The second-order valence-electron chi connectivity index (χ2n) is 6.19. The summed E-state index contributed by atoms with van der Waals surface area (Å²) >= 11 is 0. The first kappa shape index (κ1) is 21.1. The van der Waals surface area contributed by atoms with Crippen LogP contribution in [0.4, 0.5) is 13.2 Å². The Morgan fingerprint density at radius 3 is 2.22 bits per heavy atom. The molecule has 1 saturated heterocycles. The zero-order valence-electron chi connectivity index (χ0n) is 15.2. The van der Waals surface area contributed by atoms with E-state index in [0.717, 1.165) is 0 Å². The van der Waals surface area contributed by atoms with Gasteiger partial charge in [0.1, 0.15) is 0 Å². The monoisotopic (exact) mass is 388 g/mol. The summed E-state index contributed by atoms with van der Waals surface area (Å²) in [5.74, 6) is -2.65. The first-order valence-corrected chi connectivity index (χ1v) is 8.52. The Kier molecular flexibility index (Phi) is 6.79. The smallest absolute Gasteiger partial charge is 0.437 e. The quantitative estimate of drug-likeness (QED) is 0.559. The van der Waals surface area contributed by atoms with E-state index in [2.05, 4.69) is 10.2 Å². The number of amides is 1. The fourth-order valence-corrected chi connectivity index (χ4v) is 2.60. The van der Waals surface area contributed by atoms with Gasteiger partial charge in [0.25, 0.3) is 5.91 Å². The van der Waals surface area contributed by atoms with Crippen molar-refractivity contribution in [3.05, 3.63) is 35.9 Å². The fraction of sp³-hybridized carbons (Fsp3) is 0.529. The van der Waals surface area contributed by atoms with Gasteiger partial charge in [0.2, 0.25) is 0 Å². The fourth-order valence-electron chi connectivity index (χ4n) is 2.60. The summed E-state index contributed by atoms with van der Waals surface area (Å²) in [5, 5.41) is 3.10. The molecule has 10 heteroatoms. The van der Waals surface area contributed by atoms with Crippen LogP contribution in [0.1, 0.15) is 17.3 Å². The number of alkyl halides is 3. The first-order valence-electron chi connectivity index (χ1n) is 8.52. The second-order valence-corrected chi connectivity index (χ2v) is 6.19. The van der Waals surface area contributed by atoms with Gasteiger partial charge in [-0.25, -0.2) is 15.2 Å². The van der Waals surface area contributed by atoms with E-state index in [0.29, 0.717) is 13.1 Å². The summed E-state index contributed by atoms with van der Waals surface area (Å²) < 4.78 is 46.8. The Morgan fingerprint density at radius 2 is 1.70 bits per heavy atom. The molecular formula is C17H23F3N4O3. The van der Waals surface area contributed by atoms with Crippen LogP contribution in [0, 0.1) is 0 Å². The molecular weight excluding hydrogens is 365 g/mol. The highest BCUT2D eigenvalue weighted by Crippen LogP contribution is 2.31. The zero-order chi connectivity index (χ0) is 20.1. The van der Waals surface area contributed by atoms with Crippen LogP contribution in [-0.2, 0) is 9.53 Å². The molecule has 1 aliphatic heterocycles. The summed E-state index contributed by atoms with van der Waals surface area (Å²) in [6.45, 7) is 2.65. The molecule has 1 heterocycles. The molecule has 0 bridgehead atoms. The molecule has 2 N–H and O–H groups in total. The number of piperazine rings is 1. The van der Waals surface area contributed by atoms with E-state index in [1.807, 2.05) is 17.3 Å². The van der Waals surface area contributed by atoms with E-state index in [1.54, 1.807) is 6.07 Å². The molecule has 2 rings (SSSR count). The number of nitrogens with one attached hydrogen (secondary N) is 2. The van der Waals surface area contributed by atoms with E-state index in [-0.39, 0.29) is 25.3 Å². The molecule has 27 heavy (non-hydrogen) atoms. The SMILES string of the molecule is CCOC(=O)C(NC(=O)c1ccccc1)(NN1CCN(C)CC1)C(F)(F)F. The summed E-state index contributed by atoms with van der Waals surface area (Å²) in [5.41, 5.74) is -1.20. The van der Waals surface area contributed by atoms with Gasteiger partial charge in [-0.1, -0.05) is 18.2 Å². The number of nitrogens with zero attached hydrogens (tertiary/aromatic N) is 2. The lowest BCUT2D eigenvalue weighted by Crippen LogP contribution is -2.76. The van der Waals surface area contributed by atoms with Crippen molar-refractivity contribution in [3.63, 3.8) is 0 Å². The predicted molar refractivity (Wildman–Crippen MR) is 91.5 cm³/mol. The average molecular weight is 388 g/mol. The summed E-state index contributed by atoms with van der Waals surface area (Å²) in [7, 11) is 1.84. The van der Waals surface area contributed by atoms with Crippen LogP contribution < -0.4 is 10.7 Å². The molecule has 1 atom stereocenters. The van der Waals surface area contributed by atoms with Crippen molar-refractivity contribution in [1.82, 2.24) is 20.7 Å². The van der Waals surface area contributed by atoms with Gasteiger partial charge in [-0.15, -0.1) is 0 Å². The number of carbonyl (C=O) groups is 2. The highest BCUT2D eigenvalue weighted by atomic mass is 19.4. The van der Waals surface area contributed by atoms with Crippen LogP contribution >= 0.6 is 0 Å². The third-order valence-electron chi connectivity index (χ3n) is 4.17. The maximum Gasteiger partial charge on any atom is 0.437 e. The van der Waals surface area contributed by atoms with Crippen molar-refractivity contribution < 1.29 is 27.5 Å². The highest BCUT2D eigenvalue weighted by molar-refractivity contribution is 5.98. The first-order chi connectivity index (χ1) is 12.7. The van der Waals surface area contributed by atoms with Gasteiger partial charge in [-0.3, -0.25) is 4.79 Å². The summed E-state index contributed by atoms with van der Waals surface area (Å²) in [6, 6.07) is 7.38. The van der Waals surface area contributed by atoms with E-state index >= 15 is 0 Å². The van der Waals surface area contributed by atoms with Gasteiger partial charge in [0.15, 0.2) is 0 Å². The molecule has 1 aromatic rings. The minimum absolute atomic E-state index is 0.00407. The lowest BCUT2D eigenvalue weighted by Gasteiger charge is -2.41. The van der Waals surface area contributed by atoms with Gasteiger partial charge in [0, 0.05) is 31.7 Å². The minimum Gasteiger partial charge on any atom is -0.463 e. The zero-order valence-corrected chi connectivity index (χ0v) is 15.2. The van der Waals surface area contributed by atoms with E-state index in [1.165, 1.54) is 36.2 Å². The standard InChI is InChI=1S/C17H23F3N4O3/c1-3-27-15(26)16(17(18,19)20,22-24-11-9-23(2)10-12-24)21-14(25)13-7-5-4-6-8-13/h4-8,22H,3,9-12H2,1-2H3,(H,21,25). The van der Waals surface area contributed by atoms with Crippen LogP contribution in [0.3, 0.4) is 0 Å². The number of hydrazine groups is 1.